The van der Waals surface area contributed by atoms with Crippen molar-refractivity contribution in [1.82, 2.24) is 4.90 Å². The maximum atomic E-state index is 12.4. The molecule has 122 valence electrons. The standard InChI is InChI=1S/C16H17NO4S2/c1-3-10(2)21-14(19)9-17-15(20)13(23-16(17)22)8-11-4-6-12(18)7-5-11/h4-8,10,18H,3,9H2,1-2H3/b13-8-/t10-/m0/s1. The van der Waals surface area contributed by atoms with Gasteiger partial charge in [0.1, 0.15) is 16.6 Å². The van der Waals surface area contributed by atoms with E-state index in [1.54, 1.807) is 25.1 Å². The van der Waals surface area contributed by atoms with E-state index in [0.717, 1.165) is 17.3 Å². The van der Waals surface area contributed by atoms with E-state index in [0.29, 0.717) is 15.6 Å². The minimum Gasteiger partial charge on any atom is -0.508 e. The highest BCUT2D eigenvalue weighted by Crippen LogP contribution is 2.32. The summed E-state index contributed by atoms with van der Waals surface area (Å²) in [7, 11) is 0. The van der Waals surface area contributed by atoms with Crippen LogP contribution in [0, 0.1) is 0 Å². The molecule has 1 N–H and O–H groups in total. The van der Waals surface area contributed by atoms with Gasteiger partial charge in [-0.25, -0.2) is 0 Å². The van der Waals surface area contributed by atoms with Crippen LogP contribution in [0.2, 0.25) is 0 Å². The molecule has 2 rings (SSSR count). The predicted octanol–water partition coefficient (Wildman–Crippen LogP) is 2.94. The van der Waals surface area contributed by atoms with E-state index in [-0.39, 0.29) is 24.3 Å². The summed E-state index contributed by atoms with van der Waals surface area (Å²) in [6.07, 6.45) is 2.21. The number of hydrogen-bond acceptors (Lipinski definition) is 6. The number of carbonyl (C=O) groups excluding carboxylic acids is 2. The number of rotatable bonds is 5. The molecule has 0 spiro atoms. The molecule has 0 bridgehead atoms. The van der Waals surface area contributed by atoms with Crippen molar-refractivity contribution >= 4 is 46.3 Å². The predicted molar refractivity (Wildman–Crippen MR) is 93.8 cm³/mol. The van der Waals surface area contributed by atoms with Gasteiger partial charge in [0.2, 0.25) is 0 Å². The second kappa shape index (κ2) is 7.61. The van der Waals surface area contributed by atoms with Crippen LogP contribution in [0.5, 0.6) is 5.75 Å². The lowest BCUT2D eigenvalue weighted by molar-refractivity contribution is -0.150. The van der Waals surface area contributed by atoms with Gasteiger partial charge in [0.15, 0.2) is 0 Å². The first-order valence-electron chi connectivity index (χ1n) is 7.14. The molecule has 1 heterocycles. The Morgan fingerprint density at radius 2 is 2.09 bits per heavy atom. The molecule has 1 aliphatic heterocycles. The van der Waals surface area contributed by atoms with Crippen molar-refractivity contribution in [3.8, 4) is 5.75 Å². The van der Waals surface area contributed by atoms with Crippen molar-refractivity contribution < 1.29 is 19.4 Å². The molecule has 1 aromatic rings. The molecule has 1 saturated heterocycles. The van der Waals surface area contributed by atoms with Crippen molar-refractivity contribution in [2.45, 2.75) is 26.4 Å². The van der Waals surface area contributed by atoms with Crippen molar-refractivity contribution in [1.29, 1.82) is 0 Å². The second-order valence-electron chi connectivity index (χ2n) is 5.07. The van der Waals surface area contributed by atoms with E-state index < -0.39 is 5.97 Å². The summed E-state index contributed by atoms with van der Waals surface area (Å²) in [4.78, 5) is 25.9. The molecule has 7 heteroatoms. The second-order valence-corrected chi connectivity index (χ2v) is 6.74. The summed E-state index contributed by atoms with van der Waals surface area (Å²) in [5.74, 6) is -0.627. The van der Waals surface area contributed by atoms with Crippen molar-refractivity contribution in [3.05, 3.63) is 34.7 Å². The molecule has 0 unspecified atom stereocenters. The van der Waals surface area contributed by atoms with Crippen LogP contribution in [0.3, 0.4) is 0 Å². The fourth-order valence-electron chi connectivity index (χ4n) is 1.83. The quantitative estimate of drug-likeness (QED) is 0.500. The van der Waals surface area contributed by atoms with Gasteiger partial charge in [0, 0.05) is 0 Å². The van der Waals surface area contributed by atoms with Crippen LogP contribution in [0.1, 0.15) is 25.8 Å². The molecular formula is C16H17NO4S2. The Morgan fingerprint density at radius 3 is 2.70 bits per heavy atom. The SMILES string of the molecule is CC[C@H](C)OC(=O)CN1C(=O)/C(=C/c2ccc(O)cc2)SC1=S. The van der Waals surface area contributed by atoms with Crippen LogP contribution in [-0.2, 0) is 14.3 Å². The topological polar surface area (TPSA) is 66.8 Å². The molecule has 0 saturated carbocycles. The van der Waals surface area contributed by atoms with Crippen molar-refractivity contribution in [2.75, 3.05) is 6.54 Å². The van der Waals surface area contributed by atoms with Gasteiger partial charge >= 0.3 is 5.97 Å². The zero-order valence-corrected chi connectivity index (χ0v) is 14.4. The minimum absolute atomic E-state index is 0.155. The van der Waals surface area contributed by atoms with Crippen LogP contribution in [0.25, 0.3) is 6.08 Å². The number of carbonyl (C=O) groups is 2. The Labute approximate surface area is 144 Å². The first-order valence-corrected chi connectivity index (χ1v) is 8.37. The lowest BCUT2D eigenvalue weighted by Gasteiger charge is -2.16. The zero-order valence-electron chi connectivity index (χ0n) is 12.8. The summed E-state index contributed by atoms with van der Waals surface area (Å²) in [6.45, 7) is 3.53. The molecule has 0 radical (unpaired) electrons. The van der Waals surface area contributed by atoms with Gasteiger partial charge < -0.3 is 9.84 Å². The molecule has 5 nitrogen and oxygen atoms in total. The van der Waals surface area contributed by atoms with Gasteiger partial charge in [-0.3, -0.25) is 14.5 Å². The molecule has 23 heavy (non-hydrogen) atoms. The van der Waals surface area contributed by atoms with E-state index in [4.69, 9.17) is 17.0 Å². The van der Waals surface area contributed by atoms with Gasteiger partial charge in [0.05, 0.1) is 11.0 Å². The van der Waals surface area contributed by atoms with E-state index in [1.165, 1.54) is 17.0 Å². The number of nitrogens with zero attached hydrogens (tertiary/aromatic N) is 1. The minimum atomic E-state index is -0.471. The summed E-state index contributed by atoms with van der Waals surface area (Å²) >= 11 is 6.32. The Balaban J connectivity index is 2.07. The Hall–Kier alpha value is -1.86. The molecular weight excluding hydrogens is 334 g/mol. The van der Waals surface area contributed by atoms with Crippen molar-refractivity contribution in [2.24, 2.45) is 0 Å². The molecule has 1 aliphatic rings. The number of phenols is 1. The molecule has 0 aliphatic carbocycles. The fourth-order valence-corrected chi connectivity index (χ4v) is 3.09. The number of ether oxygens (including phenoxy) is 1. The first-order chi connectivity index (χ1) is 10.9. The number of hydrogen-bond donors (Lipinski definition) is 1. The monoisotopic (exact) mass is 351 g/mol. The van der Waals surface area contributed by atoms with Gasteiger partial charge in [0.25, 0.3) is 5.91 Å². The van der Waals surface area contributed by atoms with Crippen LogP contribution in [-0.4, -0.2) is 38.9 Å². The fraction of sp³-hybridized carbons (Fsp3) is 0.312. The number of aromatic hydroxyl groups is 1. The average molecular weight is 351 g/mol. The smallest absolute Gasteiger partial charge is 0.326 e. The summed E-state index contributed by atoms with van der Waals surface area (Å²) in [5.41, 5.74) is 0.769. The van der Waals surface area contributed by atoms with Gasteiger partial charge in [-0.05, 0) is 37.1 Å². The molecule has 1 fully saturated rings. The van der Waals surface area contributed by atoms with Gasteiger partial charge in [-0.2, -0.15) is 0 Å². The van der Waals surface area contributed by atoms with Gasteiger partial charge in [-0.1, -0.05) is 43.0 Å². The molecule has 1 atom stereocenters. The first kappa shape index (κ1) is 17.5. The Morgan fingerprint density at radius 1 is 1.43 bits per heavy atom. The number of benzene rings is 1. The maximum Gasteiger partial charge on any atom is 0.326 e. The number of phenolic OH excluding ortho intramolecular Hbond substituents is 1. The number of esters is 1. The van der Waals surface area contributed by atoms with Crippen LogP contribution >= 0.6 is 24.0 Å². The Kier molecular flexibility index (Phi) is 5.79. The lowest BCUT2D eigenvalue weighted by Crippen LogP contribution is -2.35. The van der Waals surface area contributed by atoms with Crippen LogP contribution in [0.15, 0.2) is 29.2 Å². The number of thioether (sulfide) groups is 1. The lowest BCUT2D eigenvalue weighted by atomic mass is 10.2. The number of thiocarbonyl (C=S) groups is 1. The third-order valence-electron chi connectivity index (χ3n) is 3.26. The zero-order chi connectivity index (χ0) is 17.0. The van der Waals surface area contributed by atoms with E-state index in [1.807, 2.05) is 6.92 Å². The highest BCUT2D eigenvalue weighted by molar-refractivity contribution is 8.26. The van der Waals surface area contributed by atoms with E-state index >= 15 is 0 Å². The number of amides is 1. The van der Waals surface area contributed by atoms with Crippen molar-refractivity contribution in [3.63, 3.8) is 0 Å². The average Bonchev–Trinajstić information content (AvgIpc) is 2.77. The molecule has 1 amide bonds. The Bertz CT molecular complexity index is 655. The summed E-state index contributed by atoms with van der Waals surface area (Å²) in [6, 6.07) is 6.46. The third-order valence-corrected chi connectivity index (χ3v) is 4.64. The van der Waals surface area contributed by atoms with Gasteiger partial charge in [-0.15, -0.1) is 0 Å². The largest absolute Gasteiger partial charge is 0.508 e. The van der Waals surface area contributed by atoms with E-state index in [2.05, 4.69) is 0 Å². The molecule has 0 aromatic heterocycles. The third kappa shape index (κ3) is 4.56. The summed E-state index contributed by atoms with van der Waals surface area (Å²) in [5, 5.41) is 9.27. The normalized spacial score (nSPS) is 17.7. The highest BCUT2D eigenvalue weighted by atomic mass is 32.2. The van der Waals surface area contributed by atoms with Crippen LogP contribution < -0.4 is 0 Å². The van der Waals surface area contributed by atoms with Crippen LogP contribution in [0.4, 0.5) is 0 Å². The molecule has 1 aromatic carbocycles. The maximum absolute atomic E-state index is 12.4. The van der Waals surface area contributed by atoms with E-state index in [9.17, 15) is 14.7 Å². The summed E-state index contributed by atoms with van der Waals surface area (Å²) < 4.78 is 5.51. The highest BCUT2D eigenvalue weighted by Gasteiger charge is 2.33.